The van der Waals surface area contributed by atoms with Crippen molar-refractivity contribution in [2.45, 2.75) is 19.4 Å². The number of halogens is 1. The first-order valence-electron chi connectivity index (χ1n) is 5.06. The summed E-state index contributed by atoms with van der Waals surface area (Å²) in [6, 6.07) is 7.53. The summed E-state index contributed by atoms with van der Waals surface area (Å²) in [5.74, 6) is 1.06. The van der Waals surface area contributed by atoms with Gasteiger partial charge in [-0.05, 0) is 30.7 Å². The van der Waals surface area contributed by atoms with E-state index < -0.39 is 0 Å². The maximum absolute atomic E-state index is 5.82. The zero-order valence-electron chi connectivity index (χ0n) is 8.85. The van der Waals surface area contributed by atoms with Gasteiger partial charge in [-0.2, -0.15) is 4.98 Å². The predicted molar refractivity (Wildman–Crippen MR) is 64.7 cm³/mol. The van der Waals surface area contributed by atoms with Crippen LogP contribution in [-0.4, -0.2) is 10.1 Å². The van der Waals surface area contributed by atoms with E-state index in [4.69, 9.17) is 10.3 Å². The lowest BCUT2D eigenvalue weighted by Crippen LogP contribution is -2.10. The Hall–Kier alpha value is -1.20. The second kappa shape index (κ2) is 4.76. The summed E-state index contributed by atoms with van der Waals surface area (Å²) in [7, 11) is 0. The molecule has 4 nitrogen and oxygen atoms in total. The highest BCUT2D eigenvalue weighted by atomic mass is 79.9. The summed E-state index contributed by atoms with van der Waals surface area (Å²) >= 11 is 3.37. The molecule has 2 rings (SSSR count). The number of benzene rings is 1. The molecule has 1 heterocycles. The SMILES string of the molecule is CCC(N)c1noc(-c2ccc(Br)cc2)n1. The Labute approximate surface area is 102 Å². The van der Waals surface area contributed by atoms with Crippen LogP contribution in [0.5, 0.6) is 0 Å². The molecular weight excluding hydrogens is 270 g/mol. The molecule has 0 aliphatic carbocycles. The van der Waals surface area contributed by atoms with Crippen molar-refractivity contribution in [2.24, 2.45) is 5.73 Å². The zero-order valence-corrected chi connectivity index (χ0v) is 10.4. The molecule has 1 atom stereocenters. The first-order chi connectivity index (χ1) is 7.70. The third-order valence-electron chi connectivity index (χ3n) is 2.30. The summed E-state index contributed by atoms with van der Waals surface area (Å²) < 4.78 is 6.17. The average molecular weight is 282 g/mol. The van der Waals surface area contributed by atoms with Crippen molar-refractivity contribution in [3.05, 3.63) is 34.6 Å². The number of nitrogens with two attached hydrogens (primary N) is 1. The lowest BCUT2D eigenvalue weighted by molar-refractivity contribution is 0.415. The predicted octanol–water partition coefficient (Wildman–Crippen LogP) is 2.91. The third-order valence-corrected chi connectivity index (χ3v) is 2.83. The molecular formula is C11H12BrN3O. The second-order valence-corrected chi connectivity index (χ2v) is 4.40. The minimum absolute atomic E-state index is 0.159. The molecule has 0 bridgehead atoms. The number of hydrogen-bond donors (Lipinski definition) is 1. The molecule has 1 aromatic carbocycles. The minimum Gasteiger partial charge on any atom is -0.334 e. The van der Waals surface area contributed by atoms with E-state index in [0.29, 0.717) is 11.7 Å². The Morgan fingerprint density at radius 2 is 2.06 bits per heavy atom. The van der Waals surface area contributed by atoms with E-state index in [2.05, 4.69) is 26.1 Å². The van der Waals surface area contributed by atoms with Crippen molar-refractivity contribution < 1.29 is 4.52 Å². The molecule has 0 radical (unpaired) electrons. The largest absolute Gasteiger partial charge is 0.334 e. The van der Waals surface area contributed by atoms with Crippen molar-refractivity contribution in [1.29, 1.82) is 0 Å². The van der Waals surface area contributed by atoms with Gasteiger partial charge in [0.25, 0.3) is 5.89 Å². The van der Waals surface area contributed by atoms with Crippen LogP contribution in [0.2, 0.25) is 0 Å². The molecule has 1 aromatic heterocycles. The summed E-state index contributed by atoms with van der Waals surface area (Å²) in [6.07, 6.45) is 0.791. The maximum atomic E-state index is 5.82. The van der Waals surface area contributed by atoms with Gasteiger partial charge in [-0.25, -0.2) is 0 Å². The van der Waals surface area contributed by atoms with Crippen LogP contribution in [0.3, 0.4) is 0 Å². The number of rotatable bonds is 3. The van der Waals surface area contributed by atoms with Crippen molar-refractivity contribution in [3.63, 3.8) is 0 Å². The minimum atomic E-state index is -0.159. The molecule has 2 N–H and O–H groups in total. The lowest BCUT2D eigenvalue weighted by Gasteiger charge is -1.99. The molecule has 0 fully saturated rings. The highest BCUT2D eigenvalue weighted by Crippen LogP contribution is 2.21. The van der Waals surface area contributed by atoms with Gasteiger partial charge in [-0.1, -0.05) is 28.0 Å². The number of aromatic nitrogens is 2. The van der Waals surface area contributed by atoms with Crippen LogP contribution in [0.15, 0.2) is 33.3 Å². The summed E-state index contributed by atoms with van der Waals surface area (Å²) in [5, 5.41) is 3.86. The number of nitrogens with zero attached hydrogens (tertiary/aromatic N) is 2. The molecule has 0 aliphatic heterocycles. The molecule has 1 unspecified atom stereocenters. The van der Waals surface area contributed by atoms with E-state index in [1.165, 1.54) is 0 Å². The molecule has 16 heavy (non-hydrogen) atoms. The van der Waals surface area contributed by atoms with Gasteiger partial charge in [-0.3, -0.25) is 0 Å². The maximum Gasteiger partial charge on any atom is 0.257 e. The molecule has 2 aromatic rings. The lowest BCUT2D eigenvalue weighted by atomic mass is 10.2. The molecule has 0 saturated heterocycles. The first kappa shape index (κ1) is 11.3. The molecule has 0 spiro atoms. The van der Waals surface area contributed by atoms with E-state index >= 15 is 0 Å². The Morgan fingerprint density at radius 1 is 1.38 bits per heavy atom. The van der Waals surface area contributed by atoms with Gasteiger partial charge in [0.05, 0.1) is 6.04 Å². The van der Waals surface area contributed by atoms with E-state index in [1.807, 2.05) is 31.2 Å². The smallest absolute Gasteiger partial charge is 0.257 e. The van der Waals surface area contributed by atoms with Gasteiger partial charge in [0.15, 0.2) is 5.82 Å². The Balaban J connectivity index is 2.28. The van der Waals surface area contributed by atoms with Gasteiger partial charge in [0, 0.05) is 10.0 Å². The van der Waals surface area contributed by atoms with Gasteiger partial charge < -0.3 is 10.3 Å². The van der Waals surface area contributed by atoms with Crippen molar-refractivity contribution in [1.82, 2.24) is 10.1 Å². The van der Waals surface area contributed by atoms with E-state index in [9.17, 15) is 0 Å². The number of hydrogen-bond acceptors (Lipinski definition) is 4. The Kier molecular flexibility index (Phi) is 3.36. The van der Waals surface area contributed by atoms with Crippen LogP contribution >= 0.6 is 15.9 Å². The third kappa shape index (κ3) is 2.31. The van der Waals surface area contributed by atoms with Gasteiger partial charge >= 0.3 is 0 Å². The first-order valence-corrected chi connectivity index (χ1v) is 5.85. The molecule has 5 heteroatoms. The Morgan fingerprint density at radius 3 is 2.69 bits per heavy atom. The summed E-state index contributed by atoms with van der Waals surface area (Å²) in [4.78, 5) is 4.26. The van der Waals surface area contributed by atoms with Crippen LogP contribution < -0.4 is 5.73 Å². The highest BCUT2D eigenvalue weighted by Gasteiger charge is 2.13. The summed E-state index contributed by atoms with van der Waals surface area (Å²) in [5.41, 5.74) is 6.71. The quantitative estimate of drug-likeness (QED) is 0.940. The Bertz CT molecular complexity index is 466. The second-order valence-electron chi connectivity index (χ2n) is 3.48. The van der Waals surface area contributed by atoms with Crippen molar-refractivity contribution in [3.8, 4) is 11.5 Å². The fourth-order valence-corrected chi connectivity index (χ4v) is 1.54. The van der Waals surface area contributed by atoms with Crippen LogP contribution in [0, 0.1) is 0 Å². The van der Waals surface area contributed by atoms with Crippen molar-refractivity contribution >= 4 is 15.9 Å². The standard InChI is InChI=1S/C11H12BrN3O/c1-2-9(13)10-14-11(16-15-10)7-3-5-8(12)6-4-7/h3-6,9H,2,13H2,1H3. The van der Waals surface area contributed by atoms with Crippen LogP contribution in [0.1, 0.15) is 25.2 Å². The van der Waals surface area contributed by atoms with E-state index in [0.717, 1.165) is 16.5 Å². The molecule has 0 aliphatic rings. The van der Waals surface area contributed by atoms with Crippen LogP contribution in [-0.2, 0) is 0 Å². The van der Waals surface area contributed by atoms with E-state index in [1.54, 1.807) is 0 Å². The van der Waals surface area contributed by atoms with E-state index in [-0.39, 0.29) is 6.04 Å². The molecule has 84 valence electrons. The topological polar surface area (TPSA) is 64.9 Å². The zero-order chi connectivity index (χ0) is 11.5. The van der Waals surface area contributed by atoms with Gasteiger partial charge in [0.1, 0.15) is 0 Å². The van der Waals surface area contributed by atoms with Gasteiger partial charge in [-0.15, -0.1) is 0 Å². The average Bonchev–Trinajstić information content (AvgIpc) is 2.78. The van der Waals surface area contributed by atoms with Crippen LogP contribution in [0.4, 0.5) is 0 Å². The monoisotopic (exact) mass is 281 g/mol. The van der Waals surface area contributed by atoms with Crippen LogP contribution in [0.25, 0.3) is 11.5 Å². The normalized spacial score (nSPS) is 12.7. The highest BCUT2D eigenvalue weighted by molar-refractivity contribution is 9.10. The fourth-order valence-electron chi connectivity index (χ4n) is 1.28. The molecule has 0 saturated carbocycles. The molecule has 0 amide bonds. The fraction of sp³-hybridized carbons (Fsp3) is 0.273. The summed E-state index contributed by atoms with van der Waals surface area (Å²) in [6.45, 7) is 1.99. The van der Waals surface area contributed by atoms with Crippen molar-refractivity contribution in [2.75, 3.05) is 0 Å². The van der Waals surface area contributed by atoms with Gasteiger partial charge in [0.2, 0.25) is 0 Å².